The van der Waals surface area contributed by atoms with Gasteiger partial charge in [0.1, 0.15) is 0 Å². The van der Waals surface area contributed by atoms with Crippen molar-refractivity contribution >= 4 is 29.2 Å². The molecule has 3 aromatic rings. The van der Waals surface area contributed by atoms with Crippen LogP contribution in [0, 0.1) is 5.92 Å². The van der Waals surface area contributed by atoms with Crippen molar-refractivity contribution in [3.05, 3.63) is 83.9 Å². The van der Waals surface area contributed by atoms with Crippen LogP contribution in [0.2, 0.25) is 0 Å². The normalized spacial score (nSPS) is 13.1. The molecule has 0 spiro atoms. The molecule has 3 aromatic carbocycles. The molecule has 0 fully saturated rings. The summed E-state index contributed by atoms with van der Waals surface area (Å²) in [6, 6.07) is 20.5. The number of thioether (sulfide) groups is 1. The van der Waals surface area contributed by atoms with Gasteiger partial charge in [0, 0.05) is 40.8 Å². The maximum atomic E-state index is 12.8. The van der Waals surface area contributed by atoms with Crippen LogP contribution in [-0.2, 0) is 11.0 Å². The Morgan fingerprint density at radius 3 is 2.00 bits per heavy atom. The molecule has 202 valence electrons. The number of carbonyl (C=O) groups excluding carboxylic acids is 1. The molecule has 0 aliphatic carbocycles. The Bertz CT molecular complexity index is 1190. The van der Waals surface area contributed by atoms with Crippen molar-refractivity contribution < 1.29 is 27.9 Å². The first-order valence-electron chi connectivity index (χ1n) is 12.6. The minimum absolute atomic E-state index is 0.0165. The maximum absolute atomic E-state index is 12.8. The van der Waals surface area contributed by atoms with E-state index in [4.69, 9.17) is 5.11 Å². The highest BCUT2D eigenvalue weighted by Crippen LogP contribution is 2.32. The Balaban J connectivity index is 1.58. The molecule has 0 heterocycles. The summed E-state index contributed by atoms with van der Waals surface area (Å²) in [7, 11) is 0. The highest BCUT2D eigenvalue weighted by Gasteiger charge is 2.30. The lowest BCUT2D eigenvalue weighted by molar-refractivity contribution is -0.138. The molecule has 2 N–H and O–H groups in total. The molecule has 0 radical (unpaired) electrons. The third kappa shape index (κ3) is 8.65. The molecule has 8 heteroatoms. The van der Waals surface area contributed by atoms with Crippen LogP contribution in [0.5, 0.6) is 0 Å². The van der Waals surface area contributed by atoms with Gasteiger partial charge in [-0.1, -0.05) is 44.5 Å². The average Bonchev–Trinajstić information content (AvgIpc) is 2.90. The van der Waals surface area contributed by atoms with Crippen LogP contribution in [0.3, 0.4) is 0 Å². The number of anilines is 1. The quantitative estimate of drug-likeness (QED) is 0.167. The van der Waals surface area contributed by atoms with Crippen molar-refractivity contribution in [2.45, 2.75) is 56.6 Å². The Labute approximate surface area is 225 Å². The van der Waals surface area contributed by atoms with E-state index >= 15 is 0 Å². The maximum Gasteiger partial charge on any atom is 0.416 e. The van der Waals surface area contributed by atoms with E-state index in [0.717, 1.165) is 46.0 Å². The SMILES string of the molecule is CC[C@H](C)[C@@H](CSc1ccc(-c2ccc(C(F)(F)F)cc2)cc1)Nc1ccc(C(=O)CCCC(=O)O)cc1. The topological polar surface area (TPSA) is 66.4 Å². The Kier molecular flexibility index (Phi) is 10.4. The average molecular weight is 544 g/mol. The van der Waals surface area contributed by atoms with Crippen molar-refractivity contribution in [2.75, 3.05) is 11.1 Å². The fourth-order valence-electron chi connectivity index (χ4n) is 3.92. The number of carboxylic acids is 1. The van der Waals surface area contributed by atoms with Crippen molar-refractivity contribution in [1.29, 1.82) is 0 Å². The molecular weight excluding hydrogens is 511 g/mol. The molecule has 0 saturated heterocycles. The van der Waals surface area contributed by atoms with Gasteiger partial charge in [0.25, 0.3) is 0 Å². The van der Waals surface area contributed by atoms with Crippen LogP contribution in [0.1, 0.15) is 55.5 Å². The molecule has 4 nitrogen and oxygen atoms in total. The van der Waals surface area contributed by atoms with Gasteiger partial charge < -0.3 is 10.4 Å². The standard InChI is InChI=1S/C30H32F3NO3S/c1-3-20(2)27(34-25-15-9-23(10-16-25)28(35)5-4-6-29(36)37)19-38-26-17-11-22(12-18-26)21-7-13-24(14-8-21)30(31,32)33/h7-18,20,27,34H,3-6,19H2,1-2H3,(H,36,37)/t20-,27+/m0/s1. The largest absolute Gasteiger partial charge is 0.481 e. The van der Waals surface area contributed by atoms with Gasteiger partial charge in [0.05, 0.1) is 5.56 Å². The summed E-state index contributed by atoms with van der Waals surface area (Å²) >= 11 is 1.71. The summed E-state index contributed by atoms with van der Waals surface area (Å²) in [6.45, 7) is 4.33. The number of halogens is 3. The van der Waals surface area contributed by atoms with E-state index in [-0.39, 0.29) is 24.7 Å². The van der Waals surface area contributed by atoms with Gasteiger partial charge in [-0.3, -0.25) is 9.59 Å². The summed E-state index contributed by atoms with van der Waals surface area (Å²) in [6.07, 6.45) is -2.83. The van der Waals surface area contributed by atoms with E-state index in [0.29, 0.717) is 17.9 Å². The molecule has 0 bridgehead atoms. The van der Waals surface area contributed by atoms with Crippen molar-refractivity contribution in [1.82, 2.24) is 0 Å². The van der Waals surface area contributed by atoms with E-state index in [1.165, 1.54) is 12.1 Å². The van der Waals surface area contributed by atoms with Gasteiger partial charge >= 0.3 is 12.1 Å². The summed E-state index contributed by atoms with van der Waals surface area (Å²) in [5, 5.41) is 12.3. The Morgan fingerprint density at radius 2 is 1.47 bits per heavy atom. The molecule has 2 atom stereocenters. The van der Waals surface area contributed by atoms with Crippen LogP contribution < -0.4 is 5.32 Å². The highest BCUT2D eigenvalue weighted by molar-refractivity contribution is 7.99. The monoisotopic (exact) mass is 543 g/mol. The third-order valence-corrected chi connectivity index (χ3v) is 7.64. The zero-order chi connectivity index (χ0) is 27.7. The number of rotatable bonds is 13. The Morgan fingerprint density at radius 1 is 0.895 bits per heavy atom. The summed E-state index contributed by atoms with van der Waals surface area (Å²) < 4.78 is 38.5. The smallest absolute Gasteiger partial charge is 0.416 e. The van der Waals surface area contributed by atoms with Gasteiger partial charge in [-0.25, -0.2) is 0 Å². The van der Waals surface area contributed by atoms with Crippen LogP contribution in [0.4, 0.5) is 18.9 Å². The summed E-state index contributed by atoms with van der Waals surface area (Å²) in [4.78, 5) is 24.0. The number of Topliss-reactive ketones (excluding diaryl/α,β-unsaturated/α-hetero) is 1. The zero-order valence-corrected chi connectivity index (χ0v) is 22.2. The zero-order valence-electron chi connectivity index (χ0n) is 21.4. The minimum atomic E-state index is -4.35. The van der Waals surface area contributed by atoms with Gasteiger partial charge in [0.2, 0.25) is 0 Å². The number of nitrogens with one attached hydrogen (secondary N) is 1. The van der Waals surface area contributed by atoms with Crippen molar-refractivity contribution in [3.8, 4) is 11.1 Å². The highest BCUT2D eigenvalue weighted by atomic mass is 32.2. The van der Waals surface area contributed by atoms with Gasteiger partial charge in [0.15, 0.2) is 5.78 Å². The molecule has 38 heavy (non-hydrogen) atoms. The van der Waals surface area contributed by atoms with Crippen LogP contribution in [0.25, 0.3) is 11.1 Å². The predicted octanol–water partition coefficient (Wildman–Crippen LogP) is 8.43. The number of benzene rings is 3. The minimum Gasteiger partial charge on any atom is -0.481 e. The molecule has 0 unspecified atom stereocenters. The van der Waals surface area contributed by atoms with E-state index in [2.05, 4.69) is 19.2 Å². The lowest BCUT2D eigenvalue weighted by Crippen LogP contribution is -2.29. The first-order chi connectivity index (χ1) is 18.1. The third-order valence-electron chi connectivity index (χ3n) is 6.51. The van der Waals surface area contributed by atoms with E-state index < -0.39 is 17.7 Å². The first kappa shape index (κ1) is 29.3. The first-order valence-corrected chi connectivity index (χ1v) is 13.6. The number of carboxylic acid groups (broad SMARTS) is 1. The van der Waals surface area contributed by atoms with E-state index in [1.54, 1.807) is 23.9 Å². The molecule has 0 aliphatic rings. The molecule has 3 rings (SSSR count). The molecular formula is C30H32F3NO3S. The number of aliphatic carboxylic acids is 1. The van der Waals surface area contributed by atoms with Gasteiger partial charge in [-0.05, 0) is 72.0 Å². The van der Waals surface area contributed by atoms with Crippen LogP contribution in [0.15, 0.2) is 77.7 Å². The molecule has 0 saturated carbocycles. The van der Waals surface area contributed by atoms with E-state index in [9.17, 15) is 22.8 Å². The predicted molar refractivity (Wildman–Crippen MR) is 147 cm³/mol. The number of alkyl halides is 3. The lowest BCUT2D eigenvalue weighted by Gasteiger charge is -2.25. The van der Waals surface area contributed by atoms with Crippen LogP contribution in [-0.4, -0.2) is 28.7 Å². The number of hydrogen-bond acceptors (Lipinski definition) is 4. The summed E-state index contributed by atoms with van der Waals surface area (Å²) in [5.74, 6) is 0.240. The van der Waals surface area contributed by atoms with Crippen molar-refractivity contribution in [2.24, 2.45) is 5.92 Å². The Hall–Kier alpha value is -3.26. The van der Waals surface area contributed by atoms with Crippen LogP contribution >= 0.6 is 11.8 Å². The number of ketones is 1. The van der Waals surface area contributed by atoms with Gasteiger partial charge in [-0.15, -0.1) is 11.8 Å². The second-order valence-corrected chi connectivity index (χ2v) is 10.4. The number of hydrogen-bond donors (Lipinski definition) is 2. The molecule has 0 aromatic heterocycles. The number of carbonyl (C=O) groups is 2. The van der Waals surface area contributed by atoms with Gasteiger partial charge in [-0.2, -0.15) is 13.2 Å². The fourth-order valence-corrected chi connectivity index (χ4v) is 5.04. The molecule has 0 amide bonds. The second kappa shape index (κ2) is 13.5. The summed E-state index contributed by atoms with van der Waals surface area (Å²) in [5.41, 5.74) is 2.42. The van der Waals surface area contributed by atoms with E-state index in [1.807, 2.05) is 36.4 Å². The second-order valence-electron chi connectivity index (χ2n) is 9.29. The lowest BCUT2D eigenvalue weighted by atomic mass is 10.00. The van der Waals surface area contributed by atoms with Crippen molar-refractivity contribution in [3.63, 3.8) is 0 Å². The fraction of sp³-hybridized carbons (Fsp3) is 0.333. The molecule has 0 aliphatic heterocycles.